The molecule has 1 heterocycles. The van der Waals surface area contributed by atoms with Gasteiger partial charge in [-0.15, -0.1) is 0 Å². The van der Waals surface area contributed by atoms with E-state index in [-0.39, 0.29) is 5.82 Å². The lowest BCUT2D eigenvalue weighted by Gasteiger charge is -1.98. The van der Waals surface area contributed by atoms with Crippen LogP contribution in [0.25, 0.3) is 10.9 Å². The van der Waals surface area contributed by atoms with Gasteiger partial charge in [0, 0.05) is 11.6 Å². The highest BCUT2D eigenvalue weighted by Crippen LogP contribution is 2.15. The number of hydrogen-bond acceptors (Lipinski definition) is 1. The summed E-state index contributed by atoms with van der Waals surface area (Å²) in [5.41, 5.74) is 2.05. The second-order valence-corrected chi connectivity index (χ2v) is 4.11. The number of hydrogen-bond donors (Lipinski definition) is 0. The fourth-order valence-electron chi connectivity index (χ4n) is 1.90. The number of halogens is 1. The highest BCUT2D eigenvalue weighted by atomic mass is 19.1. The maximum Gasteiger partial charge on any atom is 0.138 e. The Bertz CT molecular complexity index is 791. The summed E-state index contributed by atoms with van der Waals surface area (Å²) >= 11 is 0. The van der Waals surface area contributed by atoms with E-state index in [1.807, 2.05) is 30.3 Å². The highest BCUT2D eigenvalue weighted by molar-refractivity contribution is 5.84. The third-order valence-electron chi connectivity index (χ3n) is 2.84. The van der Waals surface area contributed by atoms with Crippen LogP contribution in [0.3, 0.4) is 0 Å². The summed E-state index contributed by atoms with van der Waals surface area (Å²) in [4.78, 5) is 4.32. The third kappa shape index (κ3) is 2.31. The van der Waals surface area contributed by atoms with Gasteiger partial charge in [-0.2, -0.15) is 0 Å². The molecule has 3 aromatic rings. The largest absolute Gasteiger partial charge is 0.255 e. The molecule has 0 saturated heterocycles. The van der Waals surface area contributed by atoms with Gasteiger partial charge < -0.3 is 0 Å². The van der Waals surface area contributed by atoms with E-state index in [4.69, 9.17) is 0 Å². The Balaban J connectivity index is 2.11. The summed E-state index contributed by atoms with van der Waals surface area (Å²) in [7, 11) is 0. The molecule has 19 heavy (non-hydrogen) atoms. The minimum atomic E-state index is -0.303. The van der Waals surface area contributed by atoms with Gasteiger partial charge in [0.05, 0.1) is 16.6 Å². The van der Waals surface area contributed by atoms with Crippen LogP contribution in [0.4, 0.5) is 4.39 Å². The monoisotopic (exact) mass is 247 g/mol. The molecule has 2 aromatic carbocycles. The first-order valence-corrected chi connectivity index (χ1v) is 5.95. The molecule has 3 rings (SSSR count). The zero-order chi connectivity index (χ0) is 13.1. The molecule has 0 unspecified atom stereocenters. The summed E-state index contributed by atoms with van der Waals surface area (Å²) in [6.45, 7) is 0. The van der Waals surface area contributed by atoms with E-state index in [1.54, 1.807) is 24.4 Å². The van der Waals surface area contributed by atoms with Crippen molar-refractivity contribution in [2.24, 2.45) is 0 Å². The molecule has 2 heteroatoms. The summed E-state index contributed by atoms with van der Waals surface area (Å²) in [6.07, 6.45) is 1.73. The molecule has 0 amide bonds. The van der Waals surface area contributed by atoms with Crippen molar-refractivity contribution in [3.8, 4) is 11.8 Å². The van der Waals surface area contributed by atoms with Crippen LogP contribution >= 0.6 is 0 Å². The number of fused-ring (bicyclic) bond motifs is 1. The number of pyridine rings is 1. The number of benzene rings is 2. The topological polar surface area (TPSA) is 12.9 Å². The average molecular weight is 247 g/mol. The van der Waals surface area contributed by atoms with Crippen LogP contribution in [-0.2, 0) is 0 Å². The lowest BCUT2D eigenvalue weighted by molar-refractivity contribution is 0.624. The van der Waals surface area contributed by atoms with Gasteiger partial charge in [0.1, 0.15) is 5.82 Å². The van der Waals surface area contributed by atoms with Crippen molar-refractivity contribution in [2.45, 2.75) is 0 Å². The molecule has 0 aliphatic carbocycles. The Hall–Kier alpha value is -2.66. The van der Waals surface area contributed by atoms with Crippen LogP contribution in [0.1, 0.15) is 11.1 Å². The molecule has 0 saturated carbocycles. The van der Waals surface area contributed by atoms with Crippen molar-refractivity contribution < 1.29 is 4.39 Å². The summed E-state index contributed by atoms with van der Waals surface area (Å²) in [5, 5.41) is 1.03. The van der Waals surface area contributed by atoms with E-state index in [0.717, 1.165) is 16.5 Å². The van der Waals surface area contributed by atoms with Crippen molar-refractivity contribution in [2.75, 3.05) is 0 Å². The van der Waals surface area contributed by atoms with Gasteiger partial charge >= 0.3 is 0 Å². The lowest BCUT2D eigenvalue weighted by atomic mass is 10.1. The van der Waals surface area contributed by atoms with Crippen molar-refractivity contribution >= 4 is 10.9 Å². The second-order valence-electron chi connectivity index (χ2n) is 4.11. The van der Waals surface area contributed by atoms with Crippen LogP contribution in [0.2, 0.25) is 0 Å². The molecule has 0 aliphatic heterocycles. The van der Waals surface area contributed by atoms with Gasteiger partial charge in [0.25, 0.3) is 0 Å². The predicted molar refractivity (Wildman–Crippen MR) is 74.1 cm³/mol. The molecule has 0 N–H and O–H groups in total. The number of para-hydroxylation sites is 1. The first-order chi connectivity index (χ1) is 9.34. The second kappa shape index (κ2) is 4.91. The zero-order valence-corrected chi connectivity index (χ0v) is 10.1. The molecule has 0 fully saturated rings. The van der Waals surface area contributed by atoms with Crippen molar-refractivity contribution in [3.05, 3.63) is 77.7 Å². The van der Waals surface area contributed by atoms with Gasteiger partial charge in [-0.3, -0.25) is 4.98 Å². The number of rotatable bonds is 0. The molecule has 90 valence electrons. The van der Waals surface area contributed by atoms with Gasteiger partial charge in [0.15, 0.2) is 0 Å². The molecule has 0 spiro atoms. The highest BCUT2D eigenvalue weighted by Gasteiger charge is 1.99. The van der Waals surface area contributed by atoms with E-state index in [1.165, 1.54) is 6.07 Å². The molecule has 0 aliphatic rings. The van der Waals surface area contributed by atoms with Gasteiger partial charge in [-0.25, -0.2) is 4.39 Å². The van der Waals surface area contributed by atoms with Crippen molar-refractivity contribution in [1.82, 2.24) is 4.98 Å². The molecule has 0 radical (unpaired) electrons. The summed E-state index contributed by atoms with van der Waals surface area (Å²) in [6, 6.07) is 16.2. The van der Waals surface area contributed by atoms with Crippen LogP contribution in [0.5, 0.6) is 0 Å². The van der Waals surface area contributed by atoms with E-state index in [2.05, 4.69) is 16.8 Å². The Morgan fingerprint density at radius 2 is 1.53 bits per heavy atom. The summed E-state index contributed by atoms with van der Waals surface area (Å²) < 4.78 is 13.5. The maximum atomic E-state index is 13.5. The standard InChI is InChI=1S/C17H10FN/c18-16-9-2-1-5-13(16)10-11-15-7-3-6-14-8-4-12-19-17(14)15/h1-9,12H. The summed E-state index contributed by atoms with van der Waals surface area (Å²) in [5.74, 6) is 5.55. The minimum Gasteiger partial charge on any atom is -0.255 e. The maximum absolute atomic E-state index is 13.5. The minimum absolute atomic E-state index is 0.303. The smallest absolute Gasteiger partial charge is 0.138 e. The van der Waals surface area contributed by atoms with E-state index in [9.17, 15) is 4.39 Å². The Kier molecular flexibility index (Phi) is 2.96. The van der Waals surface area contributed by atoms with Crippen molar-refractivity contribution in [1.29, 1.82) is 0 Å². The SMILES string of the molecule is Fc1ccccc1C#Cc1cccc2cccnc12. The fraction of sp³-hybridized carbons (Fsp3) is 0. The van der Waals surface area contributed by atoms with E-state index in [0.29, 0.717) is 5.56 Å². The van der Waals surface area contributed by atoms with Gasteiger partial charge in [-0.1, -0.05) is 42.2 Å². The number of aromatic nitrogens is 1. The number of nitrogens with zero attached hydrogens (tertiary/aromatic N) is 1. The van der Waals surface area contributed by atoms with Crippen LogP contribution in [0, 0.1) is 17.7 Å². The fourth-order valence-corrected chi connectivity index (χ4v) is 1.90. The predicted octanol–water partition coefficient (Wildman–Crippen LogP) is 3.77. The van der Waals surface area contributed by atoms with E-state index < -0.39 is 0 Å². The Morgan fingerprint density at radius 1 is 0.789 bits per heavy atom. The van der Waals surface area contributed by atoms with E-state index >= 15 is 0 Å². The molecule has 0 atom stereocenters. The molecular formula is C17H10FN. The first kappa shape index (κ1) is 11.4. The first-order valence-electron chi connectivity index (χ1n) is 5.95. The molecular weight excluding hydrogens is 237 g/mol. The average Bonchev–Trinajstić information content (AvgIpc) is 2.46. The third-order valence-corrected chi connectivity index (χ3v) is 2.84. The quantitative estimate of drug-likeness (QED) is 0.551. The lowest BCUT2D eigenvalue weighted by Crippen LogP contribution is -1.85. The molecule has 1 aromatic heterocycles. The van der Waals surface area contributed by atoms with Gasteiger partial charge in [0.2, 0.25) is 0 Å². The van der Waals surface area contributed by atoms with Crippen LogP contribution in [-0.4, -0.2) is 4.98 Å². The zero-order valence-electron chi connectivity index (χ0n) is 10.1. The molecule has 1 nitrogen and oxygen atoms in total. The normalized spacial score (nSPS) is 9.95. The van der Waals surface area contributed by atoms with Gasteiger partial charge in [-0.05, 0) is 24.3 Å². The molecule has 0 bridgehead atoms. The van der Waals surface area contributed by atoms with Crippen molar-refractivity contribution in [3.63, 3.8) is 0 Å². The Morgan fingerprint density at radius 3 is 2.42 bits per heavy atom. The van der Waals surface area contributed by atoms with Crippen LogP contribution < -0.4 is 0 Å². The Labute approximate surface area is 110 Å². The van der Waals surface area contributed by atoms with Crippen LogP contribution in [0.15, 0.2) is 60.8 Å².